The molecule has 1 aliphatic rings. The van der Waals surface area contributed by atoms with Crippen molar-refractivity contribution >= 4 is 30.0 Å². The van der Waals surface area contributed by atoms with Crippen molar-refractivity contribution in [3.8, 4) is 0 Å². The van der Waals surface area contributed by atoms with Gasteiger partial charge in [-0.1, -0.05) is 18.2 Å². The quantitative estimate of drug-likeness (QED) is 0.457. The largest absolute Gasteiger partial charge is 0.368 e. The molecule has 0 bridgehead atoms. The average Bonchev–Trinajstić information content (AvgIpc) is 2.77. The molecule has 0 aliphatic carbocycles. The van der Waals surface area contributed by atoms with Crippen molar-refractivity contribution in [2.75, 3.05) is 57.1 Å². The van der Waals surface area contributed by atoms with Crippen molar-refractivity contribution < 1.29 is 4.79 Å². The fraction of sp³-hybridized carbons (Fsp3) is 0.318. The predicted octanol–water partition coefficient (Wildman–Crippen LogP) is 2.99. The highest BCUT2D eigenvalue weighted by molar-refractivity contribution is 6.02. The number of carbonyl (C=O) groups excluding carboxylic acids is 1. The molecule has 1 heterocycles. The van der Waals surface area contributed by atoms with Crippen LogP contribution >= 0.6 is 0 Å². The summed E-state index contributed by atoms with van der Waals surface area (Å²) in [5.74, 6) is 0.420. The molecule has 0 saturated carbocycles. The number of rotatable bonds is 4. The van der Waals surface area contributed by atoms with E-state index in [9.17, 15) is 4.79 Å². The van der Waals surface area contributed by atoms with Gasteiger partial charge in [-0.15, -0.1) is 5.10 Å². The van der Waals surface area contributed by atoms with Gasteiger partial charge in [0.1, 0.15) is 0 Å². The smallest absolute Gasteiger partial charge is 0.339 e. The molecular weight excluding hydrogens is 364 g/mol. The lowest BCUT2D eigenvalue weighted by Crippen LogP contribution is -2.46. The normalized spacial score (nSPS) is 14.5. The Labute approximate surface area is 172 Å². The molecule has 0 radical (unpaired) electrons. The molecule has 3 rings (SSSR count). The maximum atomic E-state index is 12.0. The Hall–Kier alpha value is -3.35. The van der Waals surface area contributed by atoms with E-state index in [1.54, 1.807) is 21.1 Å². The fourth-order valence-corrected chi connectivity index (χ4v) is 3.34. The van der Waals surface area contributed by atoms with Gasteiger partial charge in [-0.2, -0.15) is 0 Å². The van der Waals surface area contributed by atoms with Crippen LogP contribution in [0.5, 0.6) is 0 Å². The maximum absolute atomic E-state index is 12.0. The topological polar surface area (TPSA) is 54.8 Å². The number of hydrogen-bond donors (Lipinski definition) is 0. The van der Waals surface area contributed by atoms with Gasteiger partial charge >= 0.3 is 6.03 Å². The molecule has 0 aromatic heterocycles. The van der Waals surface area contributed by atoms with Crippen LogP contribution in [0.15, 0.2) is 64.7 Å². The Morgan fingerprint density at radius 1 is 0.862 bits per heavy atom. The number of urea groups is 1. The van der Waals surface area contributed by atoms with E-state index in [0.717, 1.165) is 31.7 Å². The minimum atomic E-state index is -0.223. The van der Waals surface area contributed by atoms with E-state index in [0.29, 0.717) is 5.84 Å². The van der Waals surface area contributed by atoms with E-state index in [2.05, 4.69) is 63.0 Å². The Balaban J connectivity index is 1.65. The molecule has 7 heteroatoms. The summed E-state index contributed by atoms with van der Waals surface area (Å²) in [7, 11) is 4.97. The number of anilines is 2. The van der Waals surface area contributed by atoms with Gasteiger partial charge in [0.15, 0.2) is 5.84 Å². The molecule has 1 fully saturated rings. The van der Waals surface area contributed by atoms with E-state index in [4.69, 9.17) is 0 Å². The molecule has 0 spiro atoms. The number of nitrogens with zero attached hydrogens (tertiary/aromatic N) is 6. The second kappa shape index (κ2) is 9.23. The Bertz CT molecular complexity index is 855. The van der Waals surface area contributed by atoms with E-state index in [1.807, 2.05) is 18.2 Å². The molecule has 0 N–H and O–H groups in total. The highest BCUT2D eigenvalue weighted by Gasteiger charge is 2.18. The van der Waals surface area contributed by atoms with Gasteiger partial charge in [0.05, 0.1) is 0 Å². The fourth-order valence-electron chi connectivity index (χ4n) is 3.34. The van der Waals surface area contributed by atoms with Crippen LogP contribution in [-0.4, -0.2) is 75.8 Å². The van der Waals surface area contributed by atoms with Crippen LogP contribution in [-0.2, 0) is 0 Å². The summed E-state index contributed by atoms with van der Waals surface area (Å²) in [6, 6.07) is 18.4. The van der Waals surface area contributed by atoms with Crippen LogP contribution < -0.4 is 9.80 Å². The molecule has 2 aromatic rings. The average molecular weight is 393 g/mol. The summed E-state index contributed by atoms with van der Waals surface area (Å²) < 4.78 is 0. The number of carbonyl (C=O) groups is 1. The molecule has 1 saturated heterocycles. The summed E-state index contributed by atoms with van der Waals surface area (Å²) in [5, 5.41) is 5.55. The van der Waals surface area contributed by atoms with Crippen molar-refractivity contribution in [2.24, 2.45) is 10.1 Å². The zero-order valence-electron chi connectivity index (χ0n) is 17.3. The number of piperazine rings is 1. The van der Waals surface area contributed by atoms with Gasteiger partial charge in [-0.3, -0.25) is 0 Å². The van der Waals surface area contributed by atoms with E-state index in [1.165, 1.54) is 21.3 Å². The van der Waals surface area contributed by atoms with Gasteiger partial charge in [-0.25, -0.2) is 14.8 Å². The zero-order valence-corrected chi connectivity index (χ0v) is 17.3. The van der Waals surface area contributed by atoms with Crippen molar-refractivity contribution in [3.63, 3.8) is 0 Å². The van der Waals surface area contributed by atoms with Gasteiger partial charge < -0.3 is 14.7 Å². The number of amidine groups is 1. The minimum Gasteiger partial charge on any atom is -0.368 e. The van der Waals surface area contributed by atoms with Crippen molar-refractivity contribution in [3.05, 3.63) is 60.2 Å². The Kier molecular flexibility index (Phi) is 6.49. The van der Waals surface area contributed by atoms with E-state index < -0.39 is 0 Å². The lowest BCUT2D eigenvalue weighted by atomic mass is 10.1. The lowest BCUT2D eigenvalue weighted by Gasteiger charge is -2.37. The van der Waals surface area contributed by atoms with Crippen molar-refractivity contribution in [2.45, 2.75) is 0 Å². The second-order valence-electron chi connectivity index (χ2n) is 7.14. The predicted molar refractivity (Wildman–Crippen MR) is 120 cm³/mol. The third kappa shape index (κ3) is 4.93. The maximum Gasteiger partial charge on any atom is 0.339 e. The standard InChI is InChI=1S/C22H28N6O/c1-23-21(24-26(4)22(29)25(2)3)18-10-12-20(13-11-18)28-16-14-27(15-17-28)19-8-6-5-7-9-19/h5-13H,1,14-17H2,2-4H3. The van der Waals surface area contributed by atoms with Crippen LogP contribution in [0.3, 0.4) is 0 Å². The SMILES string of the molecule is C=NC(=NN(C)C(=O)N(C)C)c1ccc(N2CCN(c3ccccc3)CC2)cc1. The number of para-hydroxylation sites is 1. The number of benzene rings is 2. The van der Waals surface area contributed by atoms with Crippen LogP contribution in [0.25, 0.3) is 0 Å². The lowest BCUT2D eigenvalue weighted by molar-refractivity contribution is 0.184. The van der Waals surface area contributed by atoms with Crippen LogP contribution in [0, 0.1) is 0 Å². The Morgan fingerprint density at radius 2 is 1.38 bits per heavy atom. The van der Waals surface area contributed by atoms with E-state index >= 15 is 0 Å². The molecule has 0 unspecified atom stereocenters. The zero-order chi connectivity index (χ0) is 20.8. The van der Waals surface area contributed by atoms with Crippen molar-refractivity contribution in [1.82, 2.24) is 9.91 Å². The van der Waals surface area contributed by atoms with Crippen LogP contribution in [0.4, 0.5) is 16.2 Å². The molecule has 152 valence electrons. The van der Waals surface area contributed by atoms with E-state index in [-0.39, 0.29) is 6.03 Å². The first-order valence-electron chi connectivity index (χ1n) is 9.65. The molecule has 2 amide bonds. The summed E-state index contributed by atoms with van der Waals surface area (Å²) in [5.41, 5.74) is 3.27. The third-order valence-corrected chi connectivity index (χ3v) is 4.95. The monoisotopic (exact) mass is 392 g/mol. The molecule has 29 heavy (non-hydrogen) atoms. The van der Waals surface area contributed by atoms with Gasteiger partial charge in [0.25, 0.3) is 0 Å². The van der Waals surface area contributed by atoms with Crippen LogP contribution in [0.1, 0.15) is 5.56 Å². The molecule has 0 atom stereocenters. The first-order chi connectivity index (χ1) is 14.0. The van der Waals surface area contributed by atoms with Crippen molar-refractivity contribution in [1.29, 1.82) is 0 Å². The number of hydrazone groups is 1. The molecule has 1 aliphatic heterocycles. The highest BCUT2D eigenvalue weighted by Crippen LogP contribution is 2.21. The summed E-state index contributed by atoms with van der Waals surface area (Å²) >= 11 is 0. The minimum absolute atomic E-state index is 0.223. The van der Waals surface area contributed by atoms with Crippen LogP contribution in [0.2, 0.25) is 0 Å². The number of aliphatic imine (C=N–C) groups is 1. The highest BCUT2D eigenvalue weighted by atomic mass is 16.2. The first kappa shape index (κ1) is 20.4. The third-order valence-electron chi connectivity index (χ3n) is 4.95. The number of amides is 2. The Morgan fingerprint density at radius 3 is 1.86 bits per heavy atom. The van der Waals surface area contributed by atoms with Gasteiger partial charge in [0, 0.05) is 64.3 Å². The first-order valence-corrected chi connectivity index (χ1v) is 9.65. The summed E-state index contributed by atoms with van der Waals surface area (Å²) in [6.07, 6.45) is 0. The second-order valence-corrected chi connectivity index (χ2v) is 7.14. The molecule has 2 aromatic carbocycles. The number of hydrogen-bond acceptors (Lipinski definition) is 4. The molecule has 7 nitrogen and oxygen atoms in total. The van der Waals surface area contributed by atoms with Gasteiger partial charge in [-0.05, 0) is 43.1 Å². The van der Waals surface area contributed by atoms with Gasteiger partial charge in [0.2, 0.25) is 0 Å². The summed E-state index contributed by atoms with van der Waals surface area (Å²) in [4.78, 5) is 22.2. The molecular formula is C22H28N6O. The summed E-state index contributed by atoms with van der Waals surface area (Å²) in [6.45, 7) is 7.51.